The zero-order valence-corrected chi connectivity index (χ0v) is 19.5. The molecule has 0 radical (unpaired) electrons. The van der Waals surface area contributed by atoms with E-state index in [4.69, 9.17) is 9.84 Å². The molecule has 0 fully saturated rings. The molecule has 0 aliphatic heterocycles. The SMILES string of the molecule is CC(CNC(=O)C(C(C)C)C(C)NC(=O)OCC1c2ccccc2-c2ccccc21)C(=O)O. The van der Waals surface area contributed by atoms with Crippen molar-refractivity contribution in [1.29, 1.82) is 0 Å². The minimum Gasteiger partial charge on any atom is -0.481 e. The van der Waals surface area contributed by atoms with E-state index in [-0.39, 0.29) is 30.9 Å². The zero-order valence-electron chi connectivity index (χ0n) is 19.5. The summed E-state index contributed by atoms with van der Waals surface area (Å²) in [4.78, 5) is 36.3. The molecule has 0 saturated heterocycles. The number of ether oxygens (including phenoxy) is 1. The zero-order chi connectivity index (χ0) is 24.1. The first-order valence-corrected chi connectivity index (χ1v) is 11.3. The van der Waals surface area contributed by atoms with Gasteiger partial charge in [-0.2, -0.15) is 0 Å². The van der Waals surface area contributed by atoms with Gasteiger partial charge in [-0.1, -0.05) is 69.3 Å². The van der Waals surface area contributed by atoms with Gasteiger partial charge >= 0.3 is 12.1 Å². The van der Waals surface area contributed by atoms with E-state index in [9.17, 15) is 14.4 Å². The van der Waals surface area contributed by atoms with Crippen molar-refractivity contribution >= 4 is 18.0 Å². The Labute approximate surface area is 194 Å². The van der Waals surface area contributed by atoms with Crippen LogP contribution < -0.4 is 10.6 Å². The van der Waals surface area contributed by atoms with Crippen LogP contribution in [0, 0.1) is 17.8 Å². The Morgan fingerprint density at radius 3 is 2.00 bits per heavy atom. The molecule has 1 aliphatic carbocycles. The number of rotatable bonds is 9. The largest absolute Gasteiger partial charge is 0.481 e. The molecule has 176 valence electrons. The lowest BCUT2D eigenvalue weighted by atomic mass is 9.88. The number of hydrogen-bond acceptors (Lipinski definition) is 4. The first-order chi connectivity index (χ1) is 15.7. The monoisotopic (exact) mass is 452 g/mol. The summed E-state index contributed by atoms with van der Waals surface area (Å²) < 4.78 is 5.59. The molecule has 0 heterocycles. The maximum Gasteiger partial charge on any atom is 0.407 e. The molecule has 2 amide bonds. The van der Waals surface area contributed by atoms with Crippen LogP contribution in [0.5, 0.6) is 0 Å². The highest BCUT2D eigenvalue weighted by Crippen LogP contribution is 2.44. The standard InChI is InChI=1S/C26H32N2O5/c1-15(2)23(24(29)27-13-16(3)25(30)31)17(4)28-26(32)33-14-22-20-11-7-5-9-18(20)19-10-6-8-12-21(19)22/h5-12,15-17,22-23H,13-14H2,1-4H3,(H,27,29)(H,28,32)(H,30,31). The van der Waals surface area contributed by atoms with Crippen LogP contribution in [-0.4, -0.2) is 42.3 Å². The summed E-state index contributed by atoms with van der Waals surface area (Å²) in [7, 11) is 0. The minimum atomic E-state index is -0.971. The summed E-state index contributed by atoms with van der Waals surface area (Å²) in [6.07, 6.45) is -0.582. The van der Waals surface area contributed by atoms with E-state index in [0.29, 0.717) is 0 Å². The summed E-state index contributed by atoms with van der Waals surface area (Å²) in [5, 5.41) is 14.5. The summed E-state index contributed by atoms with van der Waals surface area (Å²) in [5.74, 6) is -2.57. The number of amides is 2. The van der Waals surface area contributed by atoms with Crippen molar-refractivity contribution in [2.75, 3.05) is 13.2 Å². The van der Waals surface area contributed by atoms with Crippen LogP contribution in [0.2, 0.25) is 0 Å². The topological polar surface area (TPSA) is 105 Å². The maximum atomic E-state index is 12.7. The van der Waals surface area contributed by atoms with Gasteiger partial charge in [-0.25, -0.2) is 4.79 Å². The number of carboxylic acid groups (broad SMARTS) is 1. The number of hydrogen-bond donors (Lipinski definition) is 3. The second kappa shape index (κ2) is 10.5. The van der Waals surface area contributed by atoms with E-state index in [1.807, 2.05) is 38.1 Å². The van der Waals surface area contributed by atoms with Crippen LogP contribution in [0.4, 0.5) is 4.79 Å². The average Bonchev–Trinajstić information content (AvgIpc) is 3.09. The molecular formula is C26H32N2O5. The molecule has 7 heteroatoms. The van der Waals surface area contributed by atoms with Gasteiger partial charge in [0.2, 0.25) is 5.91 Å². The fraction of sp³-hybridized carbons (Fsp3) is 0.423. The minimum absolute atomic E-state index is 0.0368. The highest BCUT2D eigenvalue weighted by atomic mass is 16.5. The summed E-state index contributed by atoms with van der Waals surface area (Å²) in [6, 6.07) is 15.8. The molecule has 33 heavy (non-hydrogen) atoms. The number of carboxylic acids is 1. The number of aliphatic carboxylic acids is 1. The van der Waals surface area contributed by atoms with Gasteiger partial charge in [0.15, 0.2) is 0 Å². The van der Waals surface area contributed by atoms with Gasteiger partial charge in [-0.05, 0) is 35.1 Å². The molecule has 3 unspecified atom stereocenters. The molecule has 3 N–H and O–H groups in total. The van der Waals surface area contributed by atoms with E-state index in [0.717, 1.165) is 22.3 Å². The Kier molecular flexibility index (Phi) is 7.74. The molecule has 2 aromatic rings. The molecule has 1 aliphatic rings. The third-order valence-corrected chi connectivity index (χ3v) is 6.25. The highest BCUT2D eigenvalue weighted by molar-refractivity contribution is 5.81. The fourth-order valence-electron chi connectivity index (χ4n) is 4.48. The Balaban J connectivity index is 1.60. The first kappa shape index (κ1) is 24.3. The van der Waals surface area contributed by atoms with Crippen molar-refractivity contribution in [2.24, 2.45) is 17.8 Å². The van der Waals surface area contributed by atoms with Crippen LogP contribution in [0.1, 0.15) is 44.7 Å². The number of alkyl carbamates (subject to hydrolysis) is 1. The number of carbonyl (C=O) groups is 3. The van der Waals surface area contributed by atoms with Crippen molar-refractivity contribution in [3.63, 3.8) is 0 Å². The van der Waals surface area contributed by atoms with Crippen molar-refractivity contribution in [3.05, 3.63) is 59.7 Å². The Morgan fingerprint density at radius 1 is 0.939 bits per heavy atom. The fourth-order valence-corrected chi connectivity index (χ4v) is 4.48. The molecule has 3 atom stereocenters. The lowest BCUT2D eigenvalue weighted by Gasteiger charge is -2.27. The van der Waals surface area contributed by atoms with Crippen molar-refractivity contribution in [2.45, 2.75) is 39.7 Å². The van der Waals surface area contributed by atoms with Gasteiger partial charge in [-0.15, -0.1) is 0 Å². The van der Waals surface area contributed by atoms with Gasteiger partial charge in [0.1, 0.15) is 6.61 Å². The van der Waals surface area contributed by atoms with Crippen molar-refractivity contribution < 1.29 is 24.2 Å². The first-order valence-electron chi connectivity index (χ1n) is 11.3. The highest BCUT2D eigenvalue weighted by Gasteiger charge is 2.32. The van der Waals surface area contributed by atoms with Gasteiger partial charge in [-0.3, -0.25) is 9.59 Å². The van der Waals surface area contributed by atoms with Gasteiger partial charge in [0, 0.05) is 18.5 Å². The molecule has 0 bridgehead atoms. The predicted octanol–water partition coefficient (Wildman–Crippen LogP) is 4.02. The van der Waals surface area contributed by atoms with Crippen LogP contribution >= 0.6 is 0 Å². The molecule has 0 spiro atoms. The lowest BCUT2D eigenvalue weighted by molar-refractivity contribution is -0.141. The van der Waals surface area contributed by atoms with E-state index >= 15 is 0 Å². The van der Waals surface area contributed by atoms with Crippen molar-refractivity contribution in [1.82, 2.24) is 10.6 Å². The Bertz CT molecular complexity index is 974. The summed E-state index contributed by atoms with van der Waals surface area (Å²) >= 11 is 0. The van der Waals surface area contributed by atoms with Crippen LogP contribution in [0.25, 0.3) is 11.1 Å². The predicted molar refractivity (Wildman–Crippen MR) is 126 cm³/mol. The van der Waals surface area contributed by atoms with Crippen molar-refractivity contribution in [3.8, 4) is 11.1 Å². The second-order valence-electron chi connectivity index (χ2n) is 9.01. The molecular weight excluding hydrogens is 420 g/mol. The van der Waals surface area contributed by atoms with E-state index in [2.05, 4.69) is 34.9 Å². The van der Waals surface area contributed by atoms with Crippen LogP contribution in [0.15, 0.2) is 48.5 Å². The number of carbonyl (C=O) groups excluding carboxylic acids is 2. The van der Waals surface area contributed by atoms with Gasteiger partial charge in [0.25, 0.3) is 0 Å². The third kappa shape index (κ3) is 5.53. The second-order valence-corrected chi connectivity index (χ2v) is 9.01. The third-order valence-electron chi connectivity index (χ3n) is 6.25. The van der Waals surface area contributed by atoms with Crippen LogP contribution in [-0.2, 0) is 14.3 Å². The maximum absolute atomic E-state index is 12.7. The normalized spacial score (nSPS) is 15.2. The quantitative estimate of drug-likeness (QED) is 0.533. The van der Waals surface area contributed by atoms with E-state index < -0.39 is 29.9 Å². The number of nitrogens with one attached hydrogen (secondary N) is 2. The smallest absolute Gasteiger partial charge is 0.407 e. The van der Waals surface area contributed by atoms with E-state index in [1.165, 1.54) is 6.92 Å². The summed E-state index contributed by atoms with van der Waals surface area (Å²) in [6.45, 7) is 7.30. The molecule has 7 nitrogen and oxygen atoms in total. The van der Waals surface area contributed by atoms with E-state index in [1.54, 1.807) is 6.92 Å². The Hall–Kier alpha value is -3.35. The van der Waals surface area contributed by atoms with Gasteiger partial charge in [0.05, 0.1) is 11.8 Å². The molecule has 0 saturated carbocycles. The number of benzene rings is 2. The Morgan fingerprint density at radius 2 is 1.48 bits per heavy atom. The molecule has 0 aromatic heterocycles. The average molecular weight is 453 g/mol. The van der Waals surface area contributed by atoms with Crippen LogP contribution in [0.3, 0.4) is 0 Å². The van der Waals surface area contributed by atoms with Gasteiger partial charge < -0.3 is 20.5 Å². The summed E-state index contributed by atoms with van der Waals surface area (Å²) in [5.41, 5.74) is 4.57. The molecule has 3 rings (SSSR count). The number of fused-ring (bicyclic) bond motifs is 3. The lowest BCUT2D eigenvalue weighted by Crippen LogP contribution is -2.48. The molecule has 2 aromatic carbocycles.